The molecule has 452 valence electrons. The van der Waals surface area contributed by atoms with Gasteiger partial charge in [0.1, 0.15) is 35.6 Å². The monoisotopic (exact) mass is 1220 g/mol. The molecule has 1 unspecified atom stereocenters. The van der Waals surface area contributed by atoms with Crippen LogP contribution in [0.25, 0.3) is 0 Å². The summed E-state index contributed by atoms with van der Waals surface area (Å²) in [5.41, 5.74) is -4.99. The van der Waals surface area contributed by atoms with E-state index in [0.29, 0.717) is 76.2 Å². The van der Waals surface area contributed by atoms with Gasteiger partial charge in [0, 0.05) is 51.4 Å². The van der Waals surface area contributed by atoms with Gasteiger partial charge in [0.2, 0.25) is 20.8 Å². The maximum Gasteiger partial charge on any atom is 1.00 e. The van der Waals surface area contributed by atoms with Crippen LogP contribution in [0.3, 0.4) is 0 Å². The number of aliphatic carboxylic acids is 1. The smallest absolute Gasteiger partial charge is 0.726 e. The van der Waals surface area contributed by atoms with Crippen LogP contribution >= 0.6 is 0 Å². The Bertz CT molecular complexity index is 2620. The maximum absolute atomic E-state index is 12.3. The number of hydrogen-bond acceptors (Lipinski definition) is 22. The molecule has 11 fully saturated rings. The van der Waals surface area contributed by atoms with Crippen molar-refractivity contribution in [2.75, 3.05) is 6.61 Å². The average molecular weight is 1220 g/mol. The number of allylic oxidation sites excluding steroid dienone is 2. The summed E-state index contributed by atoms with van der Waals surface area (Å²) < 4.78 is 154. The first-order chi connectivity index (χ1) is 37.4. The van der Waals surface area contributed by atoms with Crippen LogP contribution in [0, 0.1) is 11.8 Å². The Balaban J connectivity index is 0.00000405. The van der Waals surface area contributed by atoms with Crippen LogP contribution in [-0.4, -0.2) is 204 Å². The first kappa shape index (κ1) is 66.3. The number of aliphatic hydroxyl groups excluding tert-OH is 1. The predicted molar refractivity (Wildman–Crippen MR) is 274 cm³/mol. The molecule has 27 atom stereocenters. The molecule has 11 aliphatic heterocycles. The van der Waals surface area contributed by atoms with E-state index in [1.165, 1.54) is 6.92 Å². The van der Waals surface area contributed by atoms with E-state index < -0.39 is 147 Å². The molecule has 11 rings (SSSR count). The number of rotatable bonds is 13. The third-order valence-electron chi connectivity index (χ3n) is 19.9. The molecule has 82 heavy (non-hydrogen) atoms. The number of ether oxygens (including phenoxy) is 11. The van der Waals surface area contributed by atoms with Gasteiger partial charge >= 0.3 is 65.1 Å². The molecule has 0 aliphatic carbocycles. The molecular weight excluding hydrogens is 1140 g/mol. The molecule has 23 nitrogen and oxygen atoms in total. The second-order valence-electron chi connectivity index (χ2n) is 25.9. The van der Waals surface area contributed by atoms with Gasteiger partial charge in [-0.3, -0.25) is 13.2 Å². The van der Waals surface area contributed by atoms with Crippen molar-refractivity contribution in [3.63, 3.8) is 0 Å². The summed E-state index contributed by atoms with van der Waals surface area (Å²) in [7, 11) is -10.3. The fourth-order valence-corrected chi connectivity index (χ4v) is 16.6. The van der Waals surface area contributed by atoms with Crippen molar-refractivity contribution >= 4 is 26.8 Å². The number of carboxylic acid groups (broad SMARTS) is 1. The van der Waals surface area contributed by atoms with E-state index in [-0.39, 0.29) is 127 Å². The van der Waals surface area contributed by atoms with Gasteiger partial charge in [-0.2, -0.15) is 0 Å². The minimum atomic E-state index is -5.22. The standard InChI is InChI=1S/C55H82O23S2.2Na/c1-9-11-29(50(57)58)12-10-14-51(4,59)49-27(2)18-38-37(73-49)24-45-55(8,76-38)48(56)47-41(72-45)22-40-46(74-47)28(3)26-54(7)43(71-40)25-42-53(6,78-54)15-13-30-31(70-42)19-33-32(67-30)20-34-35(68-33)21-39-36(69-34)23-44(77-80(63,64)65)52(5,75-39)16-17-66-79(60,61)62;;/h9-10,14,28-49,56,59H,1-2,11-13,15-26H2,3-8H3,(H,57,58)(H,60,61,62)(H,63,64,65);;/q;2*+1/p-2/b14-10+;;/t28-,29?,30-,31+,32+,33-,34-,35+,36+,37+,38-,39-,40-,41+,42-,43+,44-,45-,46+,47+,48+,49-,51+,52+,53+,54-,55-;;/m0../s1. The summed E-state index contributed by atoms with van der Waals surface area (Å²) >= 11 is 0. The van der Waals surface area contributed by atoms with Gasteiger partial charge in [0.05, 0.1) is 127 Å². The first-order valence-electron chi connectivity index (χ1n) is 28.6. The van der Waals surface area contributed by atoms with Crippen molar-refractivity contribution in [1.82, 2.24) is 0 Å². The number of carboxylic acids is 1. The number of hydrogen-bond donors (Lipinski definition) is 3. The first-order valence-corrected chi connectivity index (χ1v) is 31.3. The van der Waals surface area contributed by atoms with Crippen molar-refractivity contribution in [2.45, 2.75) is 282 Å². The summed E-state index contributed by atoms with van der Waals surface area (Å²) in [5.74, 6) is -1.65. The number of aliphatic hydroxyl groups is 2. The number of carbonyl (C=O) groups is 1. The molecule has 0 aromatic carbocycles. The number of fused-ring (bicyclic) bond motifs is 10. The molecule has 3 N–H and O–H groups in total. The summed E-state index contributed by atoms with van der Waals surface area (Å²) in [5, 5.41) is 33.6. The third-order valence-corrected chi connectivity index (χ3v) is 20.8. The van der Waals surface area contributed by atoms with Crippen molar-refractivity contribution < 1.29 is 166 Å². The minimum absolute atomic E-state index is 0. The Morgan fingerprint density at radius 2 is 1.30 bits per heavy atom. The van der Waals surface area contributed by atoms with Crippen LogP contribution in [0.1, 0.15) is 131 Å². The summed E-state index contributed by atoms with van der Waals surface area (Å²) in [6.07, 6.45) is -1.16. The van der Waals surface area contributed by atoms with Gasteiger partial charge in [-0.1, -0.05) is 31.7 Å². The van der Waals surface area contributed by atoms with Gasteiger partial charge in [-0.05, 0) is 84.6 Å². The van der Waals surface area contributed by atoms with Gasteiger partial charge in [-0.15, -0.1) is 6.58 Å². The SMILES string of the molecule is C=CCC(C/C=C/[C@@](C)(O)[C@H]1O[C@@H]2C[C@@H]3O[C@@H]4C[C@@H]5O[C@@H]6C[C@@H]7O[C@@H]8C[C@@H]9O[C@@H]%10C[C@@H]%11O[C@](C)(CCOS(=O)(=O)[O-])[C@@H](OS(=O)(=O)[O-])C[C@H]%11O[C@H]%10C[C@H]9O[C@H]8CC[C@@]7(C)O[C@@]6(C)C[C@H](C)[C@H]5O[C@H]4[C@@H](O)[C@@]3(C)O[C@H]2CC1=C)C(=O)O.[Na+].[Na+]. The van der Waals surface area contributed by atoms with Crippen LogP contribution < -0.4 is 59.1 Å². The second-order valence-corrected chi connectivity index (χ2v) is 27.9. The van der Waals surface area contributed by atoms with Crippen LogP contribution in [0.5, 0.6) is 0 Å². The van der Waals surface area contributed by atoms with Crippen molar-refractivity contribution in [3.05, 3.63) is 37.0 Å². The molecule has 0 aromatic rings. The Hall–Kier alpha value is -0.0900. The van der Waals surface area contributed by atoms with Gasteiger partial charge in [0.25, 0.3) is 0 Å². The molecule has 0 radical (unpaired) electrons. The zero-order valence-electron chi connectivity index (χ0n) is 48.3. The Morgan fingerprint density at radius 3 is 1.95 bits per heavy atom. The molecule has 11 heterocycles. The van der Waals surface area contributed by atoms with Crippen molar-refractivity contribution in [2.24, 2.45) is 11.8 Å². The zero-order valence-corrected chi connectivity index (χ0v) is 53.9. The largest absolute Gasteiger partial charge is 1.00 e. The molecule has 0 saturated carbocycles. The van der Waals surface area contributed by atoms with Crippen LogP contribution in [0.2, 0.25) is 0 Å². The topological polar surface area (TPSA) is 312 Å². The second kappa shape index (κ2) is 24.6. The Morgan fingerprint density at radius 1 is 0.732 bits per heavy atom. The molecule has 0 amide bonds. The van der Waals surface area contributed by atoms with Gasteiger partial charge in [-0.25, -0.2) is 16.8 Å². The predicted octanol–water partition coefficient (Wildman–Crippen LogP) is -2.47. The molecule has 11 saturated heterocycles. The summed E-state index contributed by atoms with van der Waals surface area (Å²) in [4.78, 5) is 11.7. The van der Waals surface area contributed by atoms with E-state index in [9.17, 15) is 46.1 Å². The molecule has 27 heteroatoms. The van der Waals surface area contributed by atoms with E-state index in [2.05, 4.69) is 38.1 Å². The van der Waals surface area contributed by atoms with E-state index in [0.717, 1.165) is 0 Å². The van der Waals surface area contributed by atoms with E-state index in [1.807, 2.05) is 6.92 Å². The van der Waals surface area contributed by atoms with Crippen LogP contribution in [0.15, 0.2) is 37.0 Å². The zero-order chi connectivity index (χ0) is 57.3. The average Bonchev–Trinajstić information content (AvgIpc) is 3.66. The minimum Gasteiger partial charge on any atom is -0.726 e. The maximum atomic E-state index is 12.3. The third kappa shape index (κ3) is 13.2. The van der Waals surface area contributed by atoms with E-state index in [4.69, 9.17) is 56.3 Å². The molecular formula is C55H80Na2O23S2. The summed E-state index contributed by atoms with van der Waals surface area (Å²) in [6.45, 7) is 18.6. The Labute approximate surface area is 525 Å². The molecule has 0 aromatic heterocycles. The van der Waals surface area contributed by atoms with E-state index >= 15 is 0 Å². The normalized spacial score (nSPS) is 49.0. The molecule has 0 spiro atoms. The van der Waals surface area contributed by atoms with Crippen molar-refractivity contribution in [1.29, 1.82) is 0 Å². The fraction of sp³-hybridized carbons (Fsp3) is 0.873. The fourth-order valence-electron chi connectivity index (χ4n) is 15.7. The quantitative estimate of drug-likeness (QED) is 0.0745. The van der Waals surface area contributed by atoms with Crippen molar-refractivity contribution in [3.8, 4) is 0 Å². The molecule has 0 bridgehead atoms. The summed E-state index contributed by atoms with van der Waals surface area (Å²) in [6, 6.07) is 0. The molecule has 11 aliphatic rings. The Kier molecular flexibility index (Phi) is 19.9. The van der Waals surface area contributed by atoms with Crippen LogP contribution in [-0.2, 0) is 86.1 Å². The van der Waals surface area contributed by atoms with E-state index in [1.54, 1.807) is 25.2 Å². The van der Waals surface area contributed by atoms with Crippen LogP contribution in [0.4, 0.5) is 0 Å². The van der Waals surface area contributed by atoms with Gasteiger partial charge < -0.3 is 76.5 Å². The van der Waals surface area contributed by atoms with Gasteiger partial charge in [0.15, 0.2) is 0 Å².